The van der Waals surface area contributed by atoms with Gasteiger partial charge in [-0.15, -0.1) is 0 Å². The first-order valence-corrected chi connectivity index (χ1v) is 8.75. The van der Waals surface area contributed by atoms with Crippen LogP contribution < -0.4 is 11.2 Å². The van der Waals surface area contributed by atoms with E-state index in [0.717, 1.165) is 17.0 Å². The maximum Gasteiger partial charge on any atom is 0.329 e. The summed E-state index contributed by atoms with van der Waals surface area (Å²) in [5.41, 5.74) is 2.32. The SMILES string of the molecule is Cc1nn(-c2nc3c(c(=O)[nH]c(=O)n3C)n2Cc2ccccc2F)c(C)c1C. The van der Waals surface area contributed by atoms with E-state index in [2.05, 4.69) is 15.1 Å². The van der Waals surface area contributed by atoms with Crippen LogP contribution in [0.4, 0.5) is 4.39 Å². The van der Waals surface area contributed by atoms with Crippen LogP contribution in [0, 0.1) is 26.6 Å². The Balaban J connectivity index is 2.09. The molecule has 0 radical (unpaired) electrons. The Morgan fingerprint density at radius 2 is 1.86 bits per heavy atom. The lowest BCUT2D eigenvalue weighted by Crippen LogP contribution is -2.29. The molecule has 144 valence electrons. The second-order valence-electron chi connectivity index (χ2n) is 6.79. The fraction of sp³-hybridized carbons (Fsp3) is 0.263. The Morgan fingerprint density at radius 3 is 2.50 bits per heavy atom. The van der Waals surface area contributed by atoms with Crippen LogP contribution in [0.3, 0.4) is 0 Å². The zero-order chi connectivity index (χ0) is 20.2. The summed E-state index contributed by atoms with van der Waals surface area (Å²) in [7, 11) is 1.53. The summed E-state index contributed by atoms with van der Waals surface area (Å²) in [5.74, 6) is -0.0419. The number of halogens is 1. The molecule has 8 nitrogen and oxygen atoms in total. The zero-order valence-corrected chi connectivity index (χ0v) is 15.9. The maximum absolute atomic E-state index is 14.3. The number of hydrogen-bond donors (Lipinski definition) is 1. The molecule has 1 aromatic carbocycles. The summed E-state index contributed by atoms with van der Waals surface area (Å²) in [5, 5.41) is 4.52. The number of aromatic nitrogens is 6. The van der Waals surface area contributed by atoms with Crippen molar-refractivity contribution in [2.45, 2.75) is 27.3 Å². The van der Waals surface area contributed by atoms with E-state index in [1.54, 1.807) is 27.4 Å². The second-order valence-corrected chi connectivity index (χ2v) is 6.79. The molecule has 3 aromatic heterocycles. The summed E-state index contributed by atoms with van der Waals surface area (Å²) in [6, 6.07) is 6.34. The highest BCUT2D eigenvalue weighted by atomic mass is 19.1. The summed E-state index contributed by atoms with van der Waals surface area (Å²) < 4.78 is 18.8. The first kappa shape index (κ1) is 17.9. The molecule has 3 heterocycles. The number of aromatic amines is 1. The van der Waals surface area contributed by atoms with E-state index < -0.39 is 11.2 Å². The van der Waals surface area contributed by atoms with E-state index in [1.807, 2.05) is 20.8 Å². The fourth-order valence-corrected chi connectivity index (χ4v) is 3.25. The van der Waals surface area contributed by atoms with Gasteiger partial charge in [-0.05, 0) is 32.4 Å². The first-order valence-electron chi connectivity index (χ1n) is 8.75. The van der Waals surface area contributed by atoms with Crippen molar-refractivity contribution >= 4 is 11.2 Å². The lowest BCUT2D eigenvalue weighted by atomic mass is 10.2. The highest BCUT2D eigenvalue weighted by molar-refractivity contribution is 5.72. The van der Waals surface area contributed by atoms with Gasteiger partial charge in [0.1, 0.15) is 5.82 Å². The molecule has 0 unspecified atom stereocenters. The average Bonchev–Trinajstić information content (AvgIpc) is 3.15. The van der Waals surface area contributed by atoms with Gasteiger partial charge < -0.3 is 0 Å². The number of fused-ring (bicyclic) bond motifs is 1. The fourth-order valence-electron chi connectivity index (χ4n) is 3.25. The third-order valence-electron chi connectivity index (χ3n) is 5.12. The van der Waals surface area contributed by atoms with E-state index in [4.69, 9.17) is 0 Å². The topological polar surface area (TPSA) is 90.5 Å². The number of benzene rings is 1. The van der Waals surface area contributed by atoms with Crippen LogP contribution in [-0.2, 0) is 13.6 Å². The standard InChI is InChI=1S/C19H19FN6O2/c1-10-11(2)23-26(12(10)3)18-21-16-15(17(27)22-19(28)24(16)4)25(18)9-13-7-5-6-8-14(13)20/h5-8H,9H2,1-4H3,(H,22,27,28). The van der Waals surface area contributed by atoms with Crippen molar-refractivity contribution in [2.75, 3.05) is 0 Å². The van der Waals surface area contributed by atoms with Gasteiger partial charge in [0.05, 0.1) is 12.2 Å². The lowest BCUT2D eigenvalue weighted by molar-refractivity contribution is 0.596. The lowest BCUT2D eigenvalue weighted by Gasteiger charge is -2.10. The van der Waals surface area contributed by atoms with Crippen molar-refractivity contribution in [2.24, 2.45) is 7.05 Å². The summed E-state index contributed by atoms with van der Waals surface area (Å²) in [6.07, 6.45) is 0. The molecule has 0 amide bonds. The predicted octanol–water partition coefficient (Wildman–Crippen LogP) is 1.72. The molecule has 0 aliphatic heterocycles. The Bertz CT molecular complexity index is 1340. The van der Waals surface area contributed by atoms with Gasteiger partial charge in [0.2, 0.25) is 5.95 Å². The molecule has 0 saturated carbocycles. The van der Waals surface area contributed by atoms with Gasteiger partial charge in [0.15, 0.2) is 11.2 Å². The molecule has 0 saturated heterocycles. The molecule has 0 bridgehead atoms. The predicted molar refractivity (Wildman–Crippen MR) is 102 cm³/mol. The van der Waals surface area contributed by atoms with Crippen molar-refractivity contribution in [1.29, 1.82) is 0 Å². The van der Waals surface area contributed by atoms with E-state index in [1.165, 1.54) is 17.7 Å². The number of nitrogens with zero attached hydrogens (tertiary/aromatic N) is 5. The number of rotatable bonds is 3. The maximum atomic E-state index is 14.3. The Kier molecular flexibility index (Phi) is 4.02. The molecule has 0 aliphatic rings. The third kappa shape index (κ3) is 2.58. The second kappa shape index (κ2) is 6.29. The normalized spacial score (nSPS) is 11.5. The van der Waals surface area contributed by atoms with Crippen molar-refractivity contribution in [1.82, 2.24) is 28.9 Å². The van der Waals surface area contributed by atoms with Gasteiger partial charge >= 0.3 is 5.69 Å². The molecule has 1 N–H and O–H groups in total. The van der Waals surface area contributed by atoms with Crippen molar-refractivity contribution in [3.8, 4) is 5.95 Å². The number of nitrogens with one attached hydrogen (secondary N) is 1. The van der Waals surface area contributed by atoms with E-state index in [9.17, 15) is 14.0 Å². The van der Waals surface area contributed by atoms with Crippen LogP contribution in [0.2, 0.25) is 0 Å². The van der Waals surface area contributed by atoms with Gasteiger partial charge in [-0.2, -0.15) is 10.1 Å². The largest absolute Gasteiger partial charge is 0.329 e. The number of H-pyrrole nitrogens is 1. The van der Waals surface area contributed by atoms with Crippen LogP contribution in [-0.4, -0.2) is 28.9 Å². The molecule has 28 heavy (non-hydrogen) atoms. The minimum Gasteiger partial charge on any atom is -0.298 e. The molecular formula is C19H19FN6O2. The molecule has 0 aliphatic carbocycles. The Hall–Kier alpha value is -3.49. The van der Waals surface area contributed by atoms with E-state index in [0.29, 0.717) is 11.5 Å². The van der Waals surface area contributed by atoms with Crippen LogP contribution in [0.15, 0.2) is 33.9 Å². The zero-order valence-electron chi connectivity index (χ0n) is 15.9. The summed E-state index contributed by atoms with van der Waals surface area (Å²) in [4.78, 5) is 31.4. The van der Waals surface area contributed by atoms with Gasteiger partial charge in [0, 0.05) is 18.3 Å². The van der Waals surface area contributed by atoms with Gasteiger partial charge in [0.25, 0.3) is 5.56 Å². The Labute approximate surface area is 158 Å². The van der Waals surface area contributed by atoms with Gasteiger partial charge in [-0.25, -0.2) is 13.9 Å². The van der Waals surface area contributed by atoms with Crippen LogP contribution >= 0.6 is 0 Å². The highest BCUT2D eigenvalue weighted by Crippen LogP contribution is 2.21. The number of imidazole rings is 1. The molecule has 4 rings (SSSR count). The van der Waals surface area contributed by atoms with E-state index >= 15 is 0 Å². The number of aryl methyl sites for hydroxylation is 2. The smallest absolute Gasteiger partial charge is 0.298 e. The van der Waals surface area contributed by atoms with Gasteiger partial charge in [-0.1, -0.05) is 18.2 Å². The number of hydrogen-bond acceptors (Lipinski definition) is 4. The monoisotopic (exact) mass is 382 g/mol. The minimum atomic E-state index is -0.577. The molecular weight excluding hydrogens is 363 g/mol. The molecule has 9 heteroatoms. The van der Waals surface area contributed by atoms with E-state index in [-0.39, 0.29) is 23.5 Å². The van der Waals surface area contributed by atoms with Crippen molar-refractivity contribution in [3.05, 3.63) is 73.4 Å². The average molecular weight is 382 g/mol. The Morgan fingerprint density at radius 1 is 1.14 bits per heavy atom. The molecule has 0 fully saturated rings. The minimum absolute atomic E-state index is 0.0667. The van der Waals surface area contributed by atoms with Crippen molar-refractivity contribution in [3.63, 3.8) is 0 Å². The van der Waals surface area contributed by atoms with Crippen LogP contribution in [0.5, 0.6) is 0 Å². The van der Waals surface area contributed by atoms with Crippen LogP contribution in [0.1, 0.15) is 22.5 Å². The third-order valence-corrected chi connectivity index (χ3v) is 5.12. The molecule has 4 aromatic rings. The summed E-state index contributed by atoms with van der Waals surface area (Å²) in [6.45, 7) is 5.79. The molecule has 0 atom stereocenters. The quantitative estimate of drug-likeness (QED) is 0.584. The molecule has 0 spiro atoms. The first-order chi connectivity index (χ1) is 13.3. The van der Waals surface area contributed by atoms with Crippen molar-refractivity contribution < 1.29 is 4.39 Å². The highest BCUT2D eigenvalue weighted by Gasteiger charge is 2.22. The van der Waals surface area contributed by atoms with Crippen LogP contribution in [0.25, 0.3) is 17.1 Å². The van der Waals surface area contributed by atoms with Gasteiger partial charge in [-0.3, -0.25) is 18.9 Å². The summed E-state index contributed by atoms with van der Waals surface area (Å²) >= 11 is 0.